The van der Waals surface area contributed by atoms with E-state index in [1.54, 1.807) is 19.2 Å². The Labute approximate surface area is 392 Å². The standard InChI is InChI=1S/C56H62N2O9/c1-4-57-56(19-11-6-12-20-56)67-45-26-43(63-2)39-17-18-40-48-42(58-54(62)51(45)50(39)48)25-44-49(40)52(60)41(31-66-44)34-23-46(64-3)53(61)47(24-34)65-30-38(29-59)55(37-15-7-5-8-16-37)27-35-21-32-13-9-10-14-33(32)22-36(35)28-55/h5,7-10,13-16,21-26,35-36,38,41,52,54,57-62H,4,6,11-12,17-20,27-31H2,1-3H3/t35-,36+,38-,41+,52+,54-,55?/m1/s1. The third kappa shape index (κ3) is 7.32. The van der Waals surface area contributed by atoms with Crippen LogP contribution in [0.2, 0.25) is 0 Å². The summed E-state index contributed by atoms with van der Waals surface area (Å²) in [6.07, 6.45) is 10.7. The van der Waals surface area contributed by atoms with Crippen LogP contribution in [-0.4, -0.2) is 66.7 Å². The van der Waals surface area contributed by atoms with Crippen molar-refractivity contribution in [2.45, 2.75) is 94.1 Å². The van der Waals surface area contributed by atoms with Gasteiger partial charge in [-0.25, -0.2) is 0 Å². The summed E-state index contributed by atoms with van der Waals surface area (Å²) in [4.78, 5) is 0. The monoisotopic (exact) mass is 906 g/mol. The zero-order valence-corrected chi connectivity index (χ0v) is 38.6. The first-order valence-corrected chi connectivity index (χ1v) is 24.3. The van der Waals surface area contributed by atoms with E-state index in [4.69, 9.17) is 23.7 Å². The van der Waals surface area contributed by atoms with E-state index in [1.165, 1.54) is 23.1 Å². The van der Waals surface area contributed by atoms with Gasteiger partial charge in [-0.3, -0.25) is 5.32 Å². The third-order valence-corrected chi connectivity index (χ3v) is 16.1. The zero-order valence-electron chi connectivity index (χ0n) is 38.6. The molecule has 6 aliphatic rings. The van der Waals surface area contributed by atoms with Gasteiger partial charge in [0.1, 0.15) is 17.2 Å². The lowest BCUT2D eigenvalue weighted by Gasteiger charge is -2.42. The second kappa shape index (κ2) is 17.4. The molecule has 11 nitrogen and oxygen atoms in total. The van der Waals surface area contributed by atoms with E-state index >= 15 is 0 Å². The second-order valence-corrected chi connectivity index (χ2v) is 19.6. The number of hydrogen-bond acceptors (Lipinski definition) is 11. The molecule has 0 amide bonds. The Morgan fingerprint density at radius 1 is 0.791 bits per heavy atom. The van der Waals surface area contributed by atoms with E-state index in [0.29, 0.717) is 58.6 Å². The minimum atomic E-state index is -1.04. The van der Waals surface area contributed by atoms with Crippen LogP contribution in [0.15, 0.2) is 78.9 Å². The molecule has 350 valence electrons. The highest BCUT2D eigenvalue weighted by Crippen LogP contribution is 2.59. The van der Waals surface area contributed by atoms with Crippen molar-refractivity contribution in [3.05, 3.63) is 123 Å². The number of aliphatic hydroxyl groups excluding tert-OH is 3. The number of anilines is 1. The minimum Gasteiger partial charge on any atom is -0.502 e. The van der Waals surface area contributed by atoms with Crippen LogP contribution in [0, 0.1) is 17.8 Å². The molecule has 2 aliphatic heterocycles. The second-order valence-electron chi connectivity index (χ2n) is 19.6. The lowest BCUT2D eigenvalue weighted by Crippen LogP contribution is -2.51. The van der Waals surface area contributed by atoms with E-state index in [0.717, 1.165) is 79.4 Å². The van der Waals surface area contributed by atoms with Gasteiger partial charge in [-0.1, -0.05) is 80.1 Å². The first kappa shape index (κ1) is 43.8. The SMILES string of the molecule is CCNC1(Oc2cc(OC)c3c4c2[C@@H](O)Nc2cc5c(c(c2-4)CC3)[C@@H](O)[C@H](c2cc(OC)c(O)c(OC[C@@H](CO)C3(c4ccccc4)C[C@H]4C=c6ccccc6=C[C@H]4C3)c2)CO5)CCCCC1. The summed E-state index contributed by atoms with van der Waals surface area (Å²) in [5, 5.41) is 56.9. The number of phenols is 1. The number of hydrogen-bond donors (Lipinski definition) is 6. The van der Waals surface area contributed by atoms with Gasteiger partial charge in [-0.05, 0) is 96.2 Å². The number of ether oxygens (including phenoxy) is 5. The number of aliphatic hydroxyl groups is 3. The summed E-state index contributed by atoms with van der Waals surface area (Å²) in [7, 11) is 3.18. The van der Waals surface area contributed by atoms with Crippen molar-refractivity contribution >= 4 is 17.8 Å². The Balaban J connectivity index is 0.926. The molecule has 67 heavy (non-hydrogen) atoms. The fourth-order valence-corrected chi connectivity index (χ4v) is 12.9. The normalized spacial score (nSPS) is 25.3. The minimum absolute atomic E-state index is 0.106. The molecule has 4 aliphatic carbocycles. The van der Waals surface area contributed by atoms with Crippen LogP contribution < -0.4 is 44.8 Å². The van der Waals surface area contributed by atoms with E-state index in [2.05, 4.69) is 78.2 Å². The van der Waals surface area contributed by atoms with Crippen LogP contribution in [0.1, 0.15) is 103 Å². The van der Waals surface area contributed by atoms with Gasteiger partial charge in [-0.15, -0.1) is 0 Å². The lowest BCUT2D eigenvalue weighted by atomic mass is 9.68. The van der Waals surface area contributed by atoms with Gasteiger partial charge >= 0.3 is 0 Å². The maximum atomic E-state index is 12.6. The maximum absolute atomic E-state index is 12.6. The number of phenolic OH excluding ortho intramolecular Hbond substituents is 1. The average molecular weight is 907 g/mol. The van der Waals surface area contributed by atoms with Crippen molar-refractivity contribution in [2.75, 3.05) is 45.9 Å². The van der Waals surface area contributed by atoms with Crippen LogP contribution in [0.5, 0.6) is 34.5 Å². The van der Waals surface area contributed by atoms with Crippen LogP contribution >= 0.6 is 0 Å². The highest BCUT2D eigenvalue weighted by Gasteiger charge is 2.50. The van der Waals surface area contributed by atoms with Gasteiger partial charge in [0.15, 0.2) is 23.5 Å². The van der Waals surface area contributed by atoms with Gasteiger partial charge < -0.3 is 49.4 Å². The molecule has 7 atom stereocenters. The van der Waals surface area contributed by atoms with Crippen molar-refractivity contribution in [2.24, 2.45) is 17.8 Å². The molecule has 1 unspecified atom stereocenters. The Morgan fingerprint density at radius 3 is 2.16 bits per heavy atom. The highest BCUT2D eigenvalue weighted by molar-refractivity contribution is 5.93. The molecule has 11 rings (SSSR count). The number of aromatic hydroxyl groups is 1. The number of methoxy groups -OCH3 is 2. The predicted octanol–water partition coefficient (Wildman–Crippen LogP) is 7.68. The van der Waals surface area contributed by atoms with Crippen LogP contribution in [-0.2, 0) is 18.3 Å². The van der Waals surface area contributed by atoms with E-state index in [1.807, 2.05) is 18.2 Å². The maximum Gasteiger partial charge on any atom is 0.200 e. The number of nitrogens with one attached hydrogen (secondary N) is 2. The predicted molar refractivity (Wildman–Crippen MR) is 257 cm³/mol. The van der Waals surface area contributed by atoms with Crippen molar-refractivity contribution in [3.63, 3.8) is 0 Å². The molecular formula is C56H62N2O9. The molecule has 11 heteroatoms. The van der Waals surface area contributed by atoms with Gasteiger partial charge in [0, 0.05) is 76.8 Å². The molecule has 0 saturated heterocycles. The Hall–Kier alpha value is -5.72. The number of fused-ring (bicyclic) bond motifs is 4. The summed E-state index contributed by atoms with van der Waals surface area (Å²) >= 11 is 0. The highest BCUT2D eigenvalue weighted by atomic mass is 16.5. The molecule has 5 aromatic rings. The molecule has 2 heterocycles. The number of rotatable bonds is 13. The van der Waals surface area contributed by atoms with Crippen molar-refractivity contribution < 1.29 is 44.1 Å². The third-order valence-electron chi connectivity index (χ3n) is 16.1. The van der Waals surface area contributed by atoms with Gasteiger partial charge in [0.05, 0.1) is 39.1 Å². The molecule has 0 bridgehead atoms. The van der Waals surface area contributed by atoms with E-state index < -0.39 is 24.0 Å². The number of benzene rings is 5. The lowest BCUT2D eigenvalue weighted by molar-refractivity contribution is -0.00334. The molecule has 5 aromatic carbocycles. The summed E-state index contributed by atoms with van der Waals surface area (Å²) in [6, 6.07) is 26.4. The van der Waals surface area contributed by atoms with Gasteiger partial charge in [0.25, 0.3) is 0 Å². The fraction of sp³-hybridized carbons (Fsp3) is 0.429. The zero-order chi connectivity index (χ0) is 46.0. The Kier molecular flexibility index (Phi) is 11.4. The molecule has 2 saturated carbocycles. The summed E-state index contributed by atoms with van der Waals surface area (Å²) in [5.74, 6) is 1.91. The summed E-state index contributed by atoms with van der Waals surface area (Å²) in [5.41, 5.74) is 6.76. The smallest absolute Gasteiger partial charge is 0.200 e. The van der Waals surface area contributed by atoms with Gasteiger partial charge in [-0.2, -0.15) is 0 Å². The average Bonchev–Trinajstić information content (AvgIpc) is 3.73. The van der Waals surface area contributed by atoms with E-state index in [9.17, 15) is 20.4 Å². The van der Waals surface area contributed by atoms with Crippen molar-refractivity contribution in [1.29, 1.82) is 0 Å². The fourth-order valence-electron chi connectivity index (χ4n) is 12.9. The molecule has 2 fully saturated rings. The molecular weight excluding hydrogens is 845 g/mol. The van der Waals surface area contributed by atoms with Crippen LogP contribution in [0.4, 0.5) is 5.69 Å². The first-order valence-electron chi connectivity index (χ1n) is 24.3. The Bertz CT molecular complexity index is 2770. The van der Waals surface area contributed by atoms with Gasteiger partial charge in [0.2, 0.25) is 5.75 Å². The molecule has 0 radical (unpaired) electrons. The molecule has 6 N–H and O–H groups in total. The Morgan fingerprint density at radius 2 is 1.48 bits per heavy atom. The largest absolute Gasteiger partial charge is 0.502 e. The topological polar surface area (TPSA) is 151 Å². The van der Waals surface area contributed by atoms with Crippen LogP contribution in [0.25, 0.3) is 23.3 Å². The summed E-state index contributed by atoms with van der Waals surface area (Å²) in [6.45, 7) is 3.03. The summed E-state index contributed by atoms with van der Waals surface area (Å²) < 4.78 is 32.0. The molecule has 0 spiro atoms. The van der Waals surface area contributed by atoms with Crippen molar-refractivity contribution in [1.82, 2.24) is 5.32 Å². The van der Waals surface area contributed by atoms with Crippen molar-refractivity contribution in [3.8, 4) is 45.6 Å². The van der Waals surface area contributed by atoms with Crippen LogP contribution in [0.3, 0.4) is 0 Å². The van der Waals surface area contributed by atoms with E-state index in [-0.39, 0.29) is 48.4 Å². The first-order chi connectivity index (χ1) is 32.7. The quantitative estimate of drug-likeness (QED) is 0.0647. The molecule has 0 aromatic heterocycles.